The summed E-state index contributed by atoms with van der Waals surface area (Å²) >= 11 is 0. The molecule has 0 bridgehead atoms. The van der Waals surface area contributed by atoms with E-state index in [4.69, 9.17) is 10.1 Å². The van der Waals surface area contributed by atoms with E-state index in [1.54, 1.807) is 0 Å². The lowest BCUT2D eigenvalue weighted by Crippen LogP contribution is -2.44. The van der Waals surface area contributed by atoms with E-state index in [2.05, 4.69) is 57.5 Å². The van der Waals surface area contributed by atoms with Gasteiger partial charge in [-0.1, -0.05) is 31.0 Å². The smallest absolute Gasteiger partial charge is 0.227 e. The Kier molecular flexibility index (Phi) is 6.46. The summed E-state index contributed by atoms with van der Waals surface area (Å²) in [6.45, 7) is 6.28. The van der Waals surface area contributed by atoms with Crippen LogP contribution in [-0.2, 0) is 5.54 Å². The van der Waals surface area contributed by atoms with E-state index in [1.165, 1.54) is 18.5 Å². The van der Waals surface area contributed by atoms with Gasteiger partial charge in [0.1, 0.15) is 5.54 Å². The first kappa shape index (κ1) is 24.4. The molecule has 1 aliphatic carbocycles. The van der Waals surface area contributed by atoms with Crippen molar-refractivity contribution in [3.63, 3.8) is 0 Å². The Balaban J connectivity index is 1.25. The first-order chi connectivity index (χ1) is 18.5. The molecule has 1 aliphatic heterocycles. The maximum absolute atomic E-state index is 10.1. The second-order valence-electron chi connectivity index (χ2n) is 10.8. The van der Waals surface area contributed by atoms with E-state index in [9.17, 15) is 5.26 Å². The lowest BCUT2D eigenvalue weighted by Gasteiger charge is -2.34. The summed E-state index contributed by atoms with van der Waals surface area (Å²) in [5.41, 5.74) is 4.13. The summed E-state index contributed by atoms with van der Waals surface area (Å²) < 4.78 is 1.86. The predicted molar refractivity (Wildman–Crippen MR) is 151 cm³/mol. The van der Waals surface area contributed by atoms with Gasteiger partial charge in [-0.2, -0.15) is 10.4 Å². The van der Waals surface area contributed by atoms with Gasteiger partial charge in [0.25, 0.3) is 0 Å². The highest BCUT2D eigenvalue weighted by Crippen LogP contribution is 2.39. The maximum Gasteiger partial charge on any atom is 0.227 e. The van der Waals surface area contributed by atoms with Crippen molar-refractivity contribution in [1.82, 2.24) is 24.6 Å². The third-order valence-corrected chi connectivity index (χ3v) is 8.32. The van der Waals surface area contributed by atoms with Crippen molar-refractivity contribution < 1.29 is 0 Å². The molecule has 8 nitrogen and oxygen atoms in total. The summed E-state index contributed by atoms with van der Waals surface area (Å²) in [6, 6.07) is 19.1. The van der Waals surface area contributed by atoms with Crippen molar-refractivity contribution in [2.45, 2.75) is 38.1 Å². The molecule has 4 aromatic rings. The minimum Gasteiger partial charge on any atom is -0.369 e. The second kappa shape index (κ2) is 10.1. The van der Waals surface area contributed by atoms with E-state index in [1.807, 2.05) is 48.3 Å². The molecule has 1 atom stereocenters. The number of hydrogen-bond acceptors (Lipinski definition) is 7. The zero-order valence-electron chi connectivity index (χ0n) is 22.1. The highest BCUT2D eigenvalue weighted by Gasteiger charge is 2.38. The molecule has 38 heavy (non-hydrogen) atoms. The molecular weight excluding hydrogens is 472 g/mol. The first-order valence-electron chi connectivity index (χ1n) is 13.6. The molecule has 0 radical (unpaired) electrons. The third-order valence-electron chi connectivity index (χ3n) is 8.32. The molecule has 3 heterocycles. The van der Waals surface area contributed by atoms with Crippen LogP contribution in [0.25, 0.3) is 22.2 Å². The molecule has 2 aliphatic rings. The number of fused-ring (bicyclic) bond motifs is 1. The van der Waals surface area contributed by atoms with Crippen LogP contribution in [0.5, 0.6) is 0 Å². The standard InChI is InChI=1S/C30H34N8/c1-30(21-31,23-7-3-4-8-23)38-15-14-27(35-38)26-9-5-6-22-20-32-29(34-28(22)26)33-24-10-12-25(13-11-24)37-18-16-36(2)17-19-37/h5-6,9-15,20,23H,3-4,7-8,16-19H2,1-2H3,(H,32,33,34). The Bertz CT molecular complexity index is 1460. The molecule has 2 aromatic heterocycles. The van der Waals surface area contributed by atoms with Crippen LogP contribution >= 0.6 is 0 Å². The Hall–Kier alpha value is -3.96. The number of aromatic nitrogens is 4. The average molecular weight is 507 g/mol. The van der Waals surface area contributed by atoms with Crippen LogP contribution in [0.2, 0.25) is 0 Å². The number of benzene rings is 2. The fraction of sp³-hybridized carbons (Fsp3) is 0.400. The summed E-state index contributed by atoms with van der Waals surface area (Å²) in [6.07, 6.45) is 8.31. The topological polar surface area (TPSA) is 85.9 Å². The second-order valence-corrected chi connectivity index (χ2v) is 10.8. The van der Waals surface area contributed by atoms with Crippen LogP contribution in [0.3, 0.4) is 0 Å². The third kappa shape index (κ3) is 4.59. The van der Waals surface area contributed by atoms with Gasteiger partial charge in [0.15, 0.2) is 0 Å². The van der Waals surface area contributed by atoms with Crippen LogP contribution in [-0.4, -0.2) is 57.9 Å². The lowest BCUT2D eigenvalue weighted by atomic mass is 9.86. The number of nitriles is 1. The summed E-state index contributed by atoms with van der Waals surface area (Å²) in [4.78, 5) is 14.2. The largest absolute Gasteiger partial charge is 0.369 e. The molecular formula is C30H34N8. The van der Waals surface area contributed by atoms with E-state index in [0.29, 0.717) is 11.9 Å². The molecule has 194 valence electrons. The highest BCUT2D eigenvalue weighted by molar-refractivity contribution is 5.92. The summed E-state index contributed by atoms with van der Waals surface area (Å²) in [5.74, 6) is 0.873. The zero-order chi connectivity index (χ0) is 26.1. The number of para-hydroxylation sites is 1. The number of nitrogens with one attached hydrogen (secondary N) is 1. The van der Waals surface area contributed by atoms with Crippen molar-refractivity contribution in [2.24, 2.45) is 5.92 Å². The van der Waals surface area contributed by atoms with E-state index in [0.717, 1.165) is 66.9 Å². The Morgan fingerprint density at radius 1 is 1.00 bits per heavy atom. The normalized spacial score (nSPS) is 18.4. The number of piperazine rings is 1. The molecule has 1 saturated carbocycles. The van der Waals surface area contributed by atoms with Crippen molar-refractivity contribution >= 4 is 28.2 Å². The number of rotatable bonds is 6. The minimum absolute atomic E-state index is 0.327. The zero-order valence-corrected chi connectivity index (χ0v) is 22.1. The van der Waals surface area contributed by atoms with Gasteiger partial charge in [-0.3, -0.25) is 4.68 Å². The van der Waals surface area contributed by atoms with E-state index in [-0.39, 0.29) is 0 Å². The number of nitrogens with zero attached hydrogens (tertiary/aromatic N) is 7. The lowest BCUT2D eigenvalue weighted by molar-refractivity contribution is 0.246. The van der Waals surface area contributed by atoms with Gasteiger partial charge < -0.3 is 15.1 Å². The molecule has 0 amide bonds. The first-order valence-corrected chi connectivity index (χ1v) is 13.6. The van der Waals surface area contributed by atoms with Crippen LogP contribution in [0, 0.1) is 17.2 Å². The molecule has 1 N–H and O–H groups in total. The Morgan fingerprint density at radius 3 is 2.50 bits per heavy atom. The van der Waals surface area contributed by atoms with Gasteiger partial charge in [0, 0.05) is 60.9 Å². The fourth-order valence-corrected chi connectivity index (χ4v) is 5.82. The molecule has 2 fully saturated rings. The van der Waals surface area contributed by atoms with Crippen molar-refractivity contribution in [3.05, 3.63) is 60.9 Å². The van der Waals surface area contributed by atoms with Crippen LogP contribution in [0.15, 0.2) is 60.9 Å². The average Bonchev–Trinajstić information content (AvgIpc) is 3.67. The number of hydrogen-bond donors (Lipinski definition) is 1. The van der Waals surface area contributed by atoms with Crippen molar-refractivity contribution in [1.29, 1.82) is 5.26 Å². The van der Waals surface area contributed by atoms with Gasteiger partial charge in [0.05, 0.1) is 17.3 Å². The Labute approximate surface area is 223 Å². The minimum atomic E-state index is -0.642. The van der Waals surface area contributed by atoms with Crippen molar-refractivity contribution in [2.75, 3.05) is 43.4 Å². The monoisotopic (exact) mass is 506 g/mol. The summed E-state index contributed by atoms with van der Waals surface area (Å²) in [5, 5.41) is 19.3. The highest BCUT2D eigenvalue weighted by atomic mass is 15.3. The van der Waals surface area contributed by atoms with Crippen molar-refractivity contribution in [3.8, 4) is 17.3 Å². The molecule has 1 unspecified atom stereocenters. The van der Waals surface area contributed by atoms with Crippen LogP contribution in [0.1, 0.15) is 32.6 Å². The molecule has 1 saturated heterocycles. The molecule has 8 heteroatoms. The van der Waals surface area contributed by atoms with E-state index < -0.39 is 5.54 Å². The SMILES string of the molecule is CN1CCN(c2ccc(Nc3ncc4cccc(-c5ccn(C(C)(C#N)C6CCCC6)n5)c4n3)cc2)CC1. The van der Waals surface area contributed by atoms with Crippen LogP contribution < -0.4 is 10.2 Å². The predicted octanol–water partition coefficient (Wildman–Crippen LogP) is 5.42. The molecule has 6 rings (SSSR count). The summed E-state index contributed by atoms with van der Waals surface area (Å²) in [7, 11) is 2.17. The maximum atomic E-state index is 10.1. The van der Waals surface area contributed by atoms with E-state index >= 15 is 0 Å². The van der Waals surface area contributed by atoms with Gasteiger partial charge in [-0.15, -0.1) is 0 Å². The van der Waals surface area contributed by atoms with Crippen LogP contribution in [0.4, 0.5) is 17.3 Å². The molecule has 2 aromatic carbocycles. The van der Waals surface area contributed by atoms with Gasteiger partial charge in [-0.25, -0.2) is 9.97 Å². The Morgan fingerprint density at radius 2 is 1.76 bits per heavy atom. The van der Waals surface area contributed by atoms with Gasteiger partial charge in [0.2, 0.25) is 5.95 Å². The quantitative estimate of drug-likeness (QED) is 0.374. The number of likely N-dealkylation sites (N-methyl/N-ethyl adjacent to an activating group) is 1. The number of anilines is 3. The fourth-order valence-electron chi connectivity index (χ4n) is 5.82. The van der Waals surface area contributed by atoms with Gasteiger partial charge >= 0.3 is 0 Å². The molecule has 0 spiro atoms. The van der Waals surface area contributed by atoms with Gasteiger partial charge in [-0.05, 0) is 63.1 Å².